The molecule has 0 radical (unpaired) electrons. The van der Waals surface area contributed by atoms with Gasteiger partial charge in [0.2, 0.25) is 0 Å². The predicted octanol–water partition coefficient (Wildman–Crippen LogP) is 0.550. The minimum atomic E-state index is -0.882. The van der Waals surface area contributed by atoms with Gasteiger partial charge in [-0.3, -0.25) is 9.59 Å². The van der Waals surface area contributed by atoms with Gasteiger partial charge in [0.1, 0.15) is 0 Å². The minimum Gasteiger partial charge on any atom is -0.481 e. The molecule has 0 aromatic heterocycles. The van der Waals surface area contributed by atoms with Crippen molar-refractivity contribution in [3.63, 3.8) is 0 Å². The molecule has 0 atom stereocenters. The lowest BCUT2D eigenvalue weighted by molar-refractivity contribution is -0.139. The molecule has 0 saturated carbocycles. The topological polar surface area (TPSA) is 416 Å². The van der Waals surface area contributed by atoms with E-state index in [1.807, 2.05) is 0 Å². The highest BCUT2D eigenvalue weighted by Crippen LogP contribution is 1.96. The van der Waals surface area contributed by atoms with Gasteiger partial charge in [-0.05, 0) is 0 Å². The number of rotatable bonds is 114. The van der Waals surface area contributed by atoms with Crippen molar-refractivity contribution in [1.29, 1.82) is 0 Å². The quantitative estimate of drug-likeness (QED) is 0.0785. The fraction of sp³-hybridized carbons (Fsp3) is 0.974. The smallest absolute Gasteiger partial charge is 0.305 e. The highest BCUT2D eigenvalue weighted by Gasteiger charge is 2.05. The second-order valence-electron chi connectivity index (χ2n) is 23.9. The summed E-state index contributed by atoms with van der Waals surface area (Å²) in [7, 11) is 0. The van der Waals surface area contributed by atoms with Crippen LogP contribution in [0.1, 0.15) is 12.8 Å². The molecule has 0 spiro atoms. The van der Waals surface area contributed by atoms with E-state index < -0.39 is 11.9 Å². The van der Waals surface area contributed by atoms with Gasteiger partial charge in [0.05, 0.1) is 502 Å². The Morgan fingerprint density at radius 2 is 0.134 bits per heavy atom. The number of hydrogen-bond donors (Lipinski definition) is 2. The van der Waals surface area contributed by atoms with Crippen molar-refractivity contribution in [3.05, 3.63) is 0 Å². The third-order valence-corrected chi connectivity index (χ3v) is 14.3. The highest BCUT2D eigenvalue weighted by atomic mass is 16.6. The molecule has 41 nitrogen and oxygen atoms in total. The molecule has 0 fully saturated rings. The Balaban J connectivity index is 3.10. The molecule has 0 saturated heterocycles. The molecule has 0 aromatic carbocycles. The number of hydrogen-bond acceptors (Lipinski definition) is 39. The fourth-order valence-electron chi connectivity index (χ4n) is 8.34. The van der Waals surface area contributed by atoms with Crippen LogP contribution in [0.25, 0.3) is 0 Å². The fourth-order valence-corrected chi connectivity index (χ4v) is 8.34. The average Bonchev–Trinajstić information content (AvgIpc) is 2.27. The Kier molecular flexibility index (Phi) is 109. The Morgan fingerprint density at radius 3 is 0.176 bits per heavy atom. The largest absolute Gasteiger partial charge is 0.481 e. The maximum absolute atomic E-state index is 10.4. The van der Waals surface area contributed by atoms with Gasteiger partial charge in [0.25, 0.3) is 0 Å². The molecular weight excluding hydrogens is 1590 g/mol. The van der Waals surface area contributed by atoms with E-state index in [1.54, 1.807) is 0 Å². The first kappa shape index (κ1) is 116. The summed E-state index contributed by atoms with van der Waals surface area (Å²) in [6.45, 7) is 33.8. The van der Waals surface area contributed by atoms with Crippen LogP contribution in [0, 0.1) is 0 Å². The van der Waals surface area contributed by atoms with E-state index in [0.717, 1.165) is 0 Å². The van der Waals surface area contributed by atoms with Gasteiger partial charge in [-0.15, -0.1) is 0 Å². The van der Waals surface area contributed by atoms with Gasteiger partial charge >= 0.3 is 11.9 Å². The zero-order chi connectivity index (χ0) is 85.1. The third kappa shape index (κ3) is 115. The molecule has 0 bridgehead atoms. The van der Waals surface area contributed by atoms with Crippen molar-refractivity contribution in [2.75, 3.05) is 489 Å². The molecule has 119 heavy (non-hydrogen) atoms. The second-order valence-corrected chi connectivity index (χ2v) is 23.9. The number of carboxylic acids is 2. The molecule has 0 amide bonds. The van der Waals surface area contributed by atoms with Crippen LogP contribution >= 0.6 is 0 Å². The van der Waals surface area contributed by atoms with E-state index in [0.29, 0.717) is 476 Å². The zero-order valence-corrected chi connectivity index (χ0v) is 71.6. The van der Waals surface area contributed by atoms with E-state index >= 15 is 0 Å². The van der Waals surface area contributed by atoms with Crippen LogP contribution in [-0.2, 0) is 185 Å². The number of carbonyl (C=O) groups is 2. The van der Waals surface area contributed by atoms with Crippen molar-refractivity contribution in [1.82, 2.24) is 0 Å². The van der Waals surface area contributed by atoms with E-state index in [9.17, 15) is 9.59 Å². The van der Waals surface area contributed by atoms with Crippen LogP contribution < -0.4 is 0 Å². The molecule has 0 unspecified atom stereocenters. The summed E-state index contributed by atoms with van der Waals surface area (Å²) in [5.74, 6) is -1.76. The predicted molar refractivity (Wildman–Crippen MR) is 425 cm³/mol. The molecule has 712 valence electrons. The minimum absolute atomic E-state index is 0.0132. The Labute approximate surface area is 706 Å². The lowest BCUT2D eigenvalue weighted by Gasteiger charge is -2.09. The molecule has 41 heteroatoms. The summed E-state index contributed by atoms with van der Waals surface area (Å²) in [5.41, 5.74) is 0. The third-order valence-electron chi connectivity index (χ3n) is 14.3. The monoisotopic (exact) mass is 1750 g/mol. The highest BCUT2D eigenvalue weighted by molar-refractivity contribution is 5.67. The first-order valence-corrected chi connectivity index (χ1v) is 41.9. The van der Waals surface area contributed by atoms with E-state index in [1.165, 1.54) is 0 Å². The van der Waals surface area contributed by atoms with Crippen molar-refractivity contribution in [2.24, 2.45) is 0 Å². The summed E-state index contributed by atoms with van der Waals surface area (Å²) < 4.78 is 203. The molecule has 0 aliphatic rings. The Hall–Kier alpha value is -2.54. The first-order valence-electron chi connectivity index (χ1n) is 41.9. The van der Waals surface area contributed by atoms with Crippen LogP contribution in [0.5, 0.6) is 0 Å². The van der Waals surface area contributed by atoms with Gasteiger partial charge in [-0.25, -0.2) is 0 Å². The van der Waals surface area contributed by atoms with Gasteiger partial charge < -0.3 is 185 Å². The Morgan fingerprint density at radius 1 is 0.0924 bits per heavy atom. The van der Waals surface area contributed by atoms with Crippen LogP contribution in [0.15, 0.2) is 0 Å². The summed E-state index contributed by atoms with van der Waals surface area (Å²) in [5, 5.41) is 17.1. The normalized spacial score (nSPS) is 11.8. The molecule has 0 aliphatic heterocycles. The lowest BCUT2D eigenvalue weighted by atomic mass is 10.5. The summed E-state index contributed by atoms with van der Waals surface area (Å²) >= 11 is 0. The van der Waals surface area contributed by atoms with Gasteiger partial charge in [-0.2, -0.15) is 0 Å². The van der Waals surface area contributed by atoms with Crippen LogP contribution in [0.4, 0.5) is 0 Å². The molecule has 0 heterocycles. The first-order chi connectivity index (χ1) is 59.1. The Bertz CT molecular complexity index is 1680. The van der Waals surface area contributed by atoms with Crippen LogP contribution in [0.3, 0.4) is 0 Å². The molecule has 0 aromatic rings. The van der Waals surface area contributed by atoms with Gasteiger partial charge in [0.15, 0.2) is 0 Å². The maximum atomic E-state index is 10.4. The van der Waals surface area contributed by atoms with Crippen LogP contribution in [-0.4, -0.2) is 511 Å². The van der Waals surface area contributed by atoms with Crippen molar-refractivity contribution < 1.29 is 195 Å². The van der Waals surface area contributed by atoms with Crippen molar-refractivity contribution in [3.8, 4) is 0 Å². The lowest BCUT2D eigenvalue weighted by Crippen LogP contribution is -2.16. The second kappa shape index (κ2) is 112. The number of aliphatic carboxylic acids is 2. The standard InChI is InChI=1S/C78H154O41/c79-77(80)1-3-83-5-7-85-9-11-87-13-15-89-17-19-91-21-23-93-25-27-95-29-31-97-33-35-99-37-39-101-41-43-103-45-47-105-49-51-107-53-55-109-57-59-111-61-63-113-65-67-115-69-71-117-73-75-119-76-74-118-72-70-116-68-66-114-64-62-112-60-58-110-56-54-108-52-50-106-48-46-104-44-42-102-40-38-100-36-34-98-32-30-96-28-26-94-24-22-92-20-18-90-16-14-88-12-10-86-8-6-84-4-2-78(81)82/h1-76H2,(H,79,80)(H,81,82). The van der Waals surface area contributed by atoms with E-state index in [2.05, 4.69) is 0 Å². The zero-order valence-electron chi connectivity index (χ0n) is 71.6. The van der Waals surface area contributed by atoms with E-state index in [-0.39, 0.29) is 26.1 Å². The van der Waals surface area contributed by atoms with E-state index in [4.69, 9.17) is 185 Å². The molecule has 2 N–H and O–H groups in total. The van der Waals surface area contributed by atoms with Gasteiger partial charge in [0, 0.05) is 0 Å². The maximum Gasteiger partial charge on any atom is 0.305 e. The van der Waals surface area contributed by atoms with Crippen molar-refractivity contribution in [2.45, 2.75) is 12.8 Å². The number of ether oxygens (including phenoxy) is 37. The van der Waals surface area contributed by atoms with Gasteiger partial charge in [-0.1, -0.05) is 0 Å². The van der Waals surface area contributed by atoms with Crippen molar-refractivity contribution >= 4 is 11.9 Å². The SMILES string of the molecule is O=C(O)CCOCCOCCOCCOCCOCCOCCOCCOCCOCCOCCOCCOCCOCCOCCOCCOCCOCCOCCOCCOCCOCCOCCOCCOCCOCCOCCOCCOCCOCCOCCOCCOCCOCCOCCOCCOCCOCCC(=O)O. The molecule has 0 aliphatic carbocycles. The molecular formula is C78H154O41. The summed E-state index contributed by atoms with van der Waals surface area (Å²) in [4.78, 5) is 20.8. The number of carboxylic acid groups (broad SMARTS) is 2. The molecule has 0 rings (SSSR count). The average molecular weight is 1750 g/mol. The summed E-state index contributed by atoms with van der Waals surface area (Å²) in [6, 6.07) is 0. The summed E-state index contributed by atoms with van der Waals surface area (Å²) in [6.07, 6.45) is -0.0263. The van der Waals surface area contributed by atoms with Crippen LogP contribution in [0.2, 0.25) is 0 Å².